The number of pyridine rings is 1. The molecule has 0 saturated carbocycles. The van der Waals surface area contributed by atoms with Crippen LogP contribution in [0.5, 0.6) is 0 Å². The number of aromatic nitrogens is 2. The van der Waals surface area contributed by atoms with Gasteiger partial charge in [-0.15, -0.1) is 11.3 Å². The lowest BCUT2D eigenvalue weighted by atomic mass is 10.3. The van der Waals surface area contributed by atoms with Crippen molar-refractivity contribution < 1.29 is 0 Å². The van der Waals surface area contributed by atoms with Crippen LogP contribution >= 0.6 is 55.0 Å². The Balaban J connectivity index is 1.96. The zero-order valence-electron chi connectivity index (χ0n) is 8.93. The summed E-state index contributed by atoms with van der Waals surface area (Å²) in [6.45, 7) is 0. The Morgan fingerprint density at radius 2 is 2.00 bits per heavy atom. The summed E-state index contributed by atoms with van der Waals surface area (Å²) in [6.07, 6.45) is 1.79. The fourth-order valence-electron chi connectivity index (χ4n) is 1.45. The Bertz CT molecular complexity index is 679. The quantitative estimate of drug-likeness (QED) is 0.577. The molecule has 0 atom stereocenters. The van der Waals surface area contributed by atoms with Gasteiger partial charge in [-0.1, -0.05) is 12.1 Å². The molecule has 0 amide bonds. The predicted octanol–water partition coefficient (Wildman–Crippen LogP) is 5.37. The van der Waals surface area contributed by atoms with Gasteiger partial charge in [0.05, 0.1) is 14.7 Å². The zero-order valence-corrected chi connectivity index (χ0v) is 13.7. The van der Waals surface area contributed by atoms with Gasteiger partial charge in [-0.3, -0.25) is 0 Å². The van der Waals surface area contributed by atoms with E-state index in [2.05, 4.69) is 47.9 Å². The van der Waals surface area contributed by atoms with Gasteiger partial charge >= 0.3 is 0 Å². The van der Waals surface area contributed by atoms with E-state index in [0.29, 0.717) is 0 Å². The molecule has 18 heavy (non-hydrogen) atoms. The van der Waals surface area contributed by atoms with Crippen molar-refractivity contribution in [3.8, 4) is 0 Å². The second-order valence-corrected chi connectivity index (χ2v) is 7.53. The summed E-state index contributed by atoms with van der Waals surface area (Å²) in [5, 5.41) is 0.928. The molecular formula is C12H6Br2N2S2. The lowest BCUT2D eigenvalue weighted by Gasteiger charge is -2.00. The average molecular weight is 402 g/mol. The van der Waals surface area contributed by atoms with Crippen LogP contribution in [0.25, 0.3) is 10.2 Å². The summed E-state index contributed by atoms with van der Waals surface area (Å²) in [6, 6.07) is 10.1. The maximum absolute atomic E-state index is 4.58. The van der Waals surface area contributed by atoms with Gasteiger partial charge in [0, 0.05) is 10.7 Å². The number of rotatable bonds is 2. The molecule has 90 valence electrons. The van der Waals surface area contributed by atoms with Crippen molar-refractivity contribution in [2.75, 3.05) is 0 Å². The van der Waals surface area contributed by atoms with Crippen LogP contribution in [-0.2, 0) is 0 Å². The van der Waals surface area contributed by atoms with E-state index in [9.17, 15) is 0 Å². The Kier molecular flexibility index (Phi) is 3.70. The summed E-state index contributed by atoms with van der Waals surface area (Å²) >= 11 is 10.2. The third kappa shape index (κ3) is 2.61. The Hall–Kier alpha value is -0.430. The van der Waals surface area contributed by atoms with Gasteiger partial charge < -0.3 is 0 Å². The molecule has 1 aromatic carbocycles. The van der Waals surface area contributed by atoms with Crippen LogP contribution in [0, 0.1) is 0 Å². The Labute approximate surface area is 129 Å². The van der Waals surface area contributed by atoms with Crippen molar-refractivity contribution in [3.63, 3.8) is 0 Å². The summed E-state index contributed by atoms with van der Waals surface area (Å²) in [5.41, 5.74) is 1.04. The van der Waals surface area contributed by atoms with Gasteiger partial charge in [0.2, 0.25) is 0 Å². The van der Waals surface area contributed by atoms with E-state index in [1.54, 1.807) is 29.3 Å². The van der Waals surface area contributed by atoms with E-state index in [1.807, 2.05) is 24.3 Å². The molecule has 6 heteroatoms. The van der Waals surface area contributed by atoms with E-state index in [0.717, 1.165) is 23.8 Å². The van der Waals surface area contributed by atoms with E-state index in [-0.39, 0.29) is 0 Å². The van der Waals surface area contributed by atoms with Crippen molar-refractivity contribution in [1.82, 2.24) is 9.97 Å². The molecule has 3 rings (SSSR count). The highest BCUT2D eigenvalue weighted by molar-refractivity contribution is 9.11. The minimum absolute atomic E-state index is 0.928. The largest absolute Gasteiger partial charge is 0.247 e. The van der Waals surface area contributed by atoms with Crippen molar-refractivity contribution >= 4 is 65.2 Å². The minimum atomic E-state index is 0.928. The van der Waals surface area contributed by atoms with Crippen LogP contribution in [0.4, 0.5) is 0 Å². The highest BCUT2D eigenvalue weighted by Crippen LogP contribution is 2.37. The maximum Gasteiger partial charge on any atom is 0.157 e. The van der Waals surface area contributed by atoms with Gasteiger partial charge in [-0.25, -0.2) is 9.97 Å². The summed E-state index contributed by atoms with van der Waals surface area (Å²) in [4.78, 5) is 8.96. The van der Waals surface area contributed by atoms with Gasteiger partial charge in [0.25, 0.3) is 0 Å². The second-order valence-electron chi connectivity index (χ2n) is 3.49. The van der Waals surface area contributed by atoms with Gasteiger partial charge in [-0.2, -0.15) is 0 Å². The zero-order chi connectivity index (χ0) is 12.5. The average Bonchev–Trinajstić information content (AvgIpc) is 2.75. The predicted molar refractivity (Wildman–Crippen MR) is 83.4 cm³/mol. The molecule has 0 spiro atoms. The first-order chi connectivity index (χ1) is 8.72. The van der Waals surface area contributed by atoms with Crippen LogP contribution in [0.2, 0.25) is 0 Å². The molecule has 0 bridgehead atoms. The molecule has 0 aliphatic carbocycles. The van der Waals surface area contributed by atoms with Crippen LogP contribution in [0.1, 0.15) is 0 Å². The number of halogens is 2. The van der Waals surface area contributed by atoms with Crippen LogP contribution in [-0.4, -0.2) is 9.97 Å². The molecule has 3 aromatic rings. The molecule has 0 aliphatic rings. The van der Waals surface area contributed by atoms with E-state index in [4.69, 9.17) is 0 Å². The number of hydrogen-bond acceptors (Lipinski definition) is 4. The molecular weight excluding hydrogens is 396 g/mol. The van der Waals surface area contributed by atoms with Gasteiger partial charge in [0.1, 0.15) is 5.03 Å². The third-order valence-electron chi connectivity index (χ3n) is 2.23. The number of nitrogens with zero attached hydrogens (tertiary/aromatic N) is 2. The number of hydrogen-bond donors (Lipinski definition) is 0. The fraction of sp³-hybridized carbons (Fsp3) is 0. The van der Waals surface area contributed by atoms with Gasteiger partial charge in [-0.05, 0) is 61.8 Å². The van der Waals surface area contributed by atoms with Crippen molar-refractivity contribution in [3.05, 3.63) is 45.5 Å². The van der Waals surface area contributed by atoms with Crippen molar-refractivity contribution in [2.45, 2.75) is 9.37 Å². The second kappa shape index (κ2) is 5.28. The smallest absolute Gasteiger partial charge is 0.157 e. The highest BCUT2D eigenvalue weighted by Gasteiger charge is 2.09. The number of fused-ring (bicyclic) bond motifs is 1. The third-order valence-corrected chi connectivity index (χ3v) is 5.65. The van der Waals surface area contributed by atoms with Crippen LogP contribution in [0.15, 0.2) is 54.8 Å². The minimum Gasteiger partial charge on any atom is -0.247 e. The topological polar surface area (TPSA) is 25.8 Å². The van der Waals surface area contributed by atoms with Crippen molar-refractivity contribution in [1.29, 1.82) is 0 Å². The normalized spacial score (nSPS) is 11.0. The first-order valence-corrected chi connectivity index (χ1v) is 8.29. The van der Waals surface area contributed by atoms with Crippen LogP contribution < -0.4 is 0 Å². The molecule has 2 aromatic heterocycles. The molecule has 2 nitrogen and oxygen atoms in total. The van der Waals surface area contributed by atoms with E-state index < -0.39 is 0 Å². The lowest BCUT2D eigenvalue weighted by molar-refractivity contribution is 1.09. The van der Waals surface area contributed by atoms with Gasteiger partial charge in [0.15, 0.2) is 4.34 Å². The van der Waals surface area contributed by atoms with E-state index in [1.165, 1.54) is 4.70 Å². The Morgan fingerprint density at radius 1 is 1.17 bits per heavy atom. The molecule has 0 radical (unpaired) electrons. The summed E-state index contributed by atoms with van der Waals surface area (Å²) in [5.74, 6) is 0. The number of benzene rings is 1. The van der Waals surface area contributed by atoms with E-state index >= 15 is 0 Å². The first-order valence-electron chi connectivity index (χ1n) is 5.07. The molecule has 0 fully saturated rings. The molecule has 0 aliphatic heterocycles. The molecule has 0 saturated heterocycles. The summed E-state index contributed by atoms with van der Waals surface area (Å²) < 4.78 is 4.14. The van der Waals surface area contributed by atoms with Crippen molar-refractivity contribution in [2.24, 2.45) is 0 Å². The number of para-hydroxylation sites is 1. The maximum atomic E-state index is 4.58. The summed E-state index contributed by atoms with van der Waals surface area (Å²) in [7, 11) is 0. The lowest BCUT2D eigenvalue weighted by Crippen LogP contribution is -1.81. The van der Waals surface area contributed by atoms with Crippen LogP contribution in [0.3, 0.4) is 0 Å². The molecule has 0 N–H and O–H groups in total. The molecule has 0 unspecified atom stereocenters. The fourth-order valence-corrected chi connectivity index (χ4v) is 4.63. The molecule has 2 heterocycles. The highest BCUT2D eigenvalue weighted by atomic mass is 79.9. The Morgan fingerprint density at radius 3 is 2.78 bits per heavy atom. The first kappa shape index (κ1) is 12.6. The SMILES string of the molecule is Brc1cnc(Sc2nc3ccccc3s2)c(Br)c1. The standard InChI is InChI=1S/C12H6Br2N2S2/c13-7-5-8(14)11(15-6-7)18-12-16-9-3-1-2-4-10(9)17-12/h1-6H. The monoisotopic (exact) mass is 400 g/mol. The number of thiazole rings is 1.